The van der Waals surface area contributed by atoms with Crippen molar-refractivity contribution < 1.29 is 14.3 Å². The lowest BCUT2D eigenvalue weighted by molar-refractivity contribution is 0.0598. The van der Waals surface area contributed by atoms with Crippen LogP contribution in [-0.4, -0.2) is 13.1 Å². The molecule has 0 aliphatic carbocycles. The molecule has 0 fully saturated rings. The fourth-order valence-corrected chi connectivity index (χ4v) is 2.03. The van der Waals surface area contributed by atoms with Crippen LogP contribution in [0.1, 0.15) is 10.4 Å². The van der Waals surface area contributed by atoms with E-state index in [1.807, 2.05) is 0 Å². The van der Waals surface area contributed by atoms with Crippen LogP contribution in [0.5, 0.6) is 11.5 Å². The van der Waals surface area contributed by atoms with Crippen LogP contribution in [0, 0.1) is 0 Å². The molecule has 0 aliphatic heterocycles. The highest BCUT2D eigenvalue weighted by atomic mass is 35.5. The number of benzene rings is 2. The number of carbonyl (C=O) groups is 1. The van der Waals surface area contributed by atoms with Gasteiger partial charge in [0.15, 0.2) is 0 Å². The number of esters is 1. The number of methoxy groups -OCH3 is 1. The highest BCUT2D eigenvalue weighted by Gasteiger charge is 2.15. The quantitative estimate of drug-likeness (QED) is 0.683. The van der Waals surface area contributed by atoms with E-state index < -0.39 is 5.97 Å². The maximum absolute atomic E-state index is 11.7. The Hall–Kier alpha value is -1.91. The average molecular weight is 312 g/mol. The molecule has 0 spiro atoms. The Labute approximate surface area is 126 Å². The van der Waals surface area contributed by atoms with Crippen molar-refractivity contribution in [2.45, 2.75) is 0 Å². The van der Waals surface area contributed by atoms with Crippen molar-refractivity contribution in [2.75, 3.05) is 12.8 Å². The third-order valence-electron chi connectivity index (χ3n) is 2.52. The molecule has 2 rings (SSSR count). The van der Waals surface area contributed by atoms with E-state index in [9.17, 15) is 4.79 Å². The molecule has 0 heterocycles. The molecule has 0 unspecified atom stereocenters. The Kier molecular flexibility index (Phi) is 4.37. The summed E-state index contributed by atoms with van der Waals surface area (Å²) in [6, 6.07) is 9.47. The number of anilines is 1. The summed E-state index contributed by atoms with van der Waals surface area (Å²) in [5.41, 5.74) is 6.31. The summed E-state index contributed by atoms with van der Waals surface area (Å²) in [5, 5.41) is 0.831. The summed E-state index contributed by atoms with van der Waals surface area (Å²) >= 11 is 11.8. The first kappa shape index (κ1) is 14.5. The molecule has 0 amide bonds. The lowest BCUT2D eigenvalue weighted by Crippen LogP contribution is -2.04. The number of rotatable bonds is 3. The summed E-state index contributed by atoms with van der Waals surface area (Å²) in [4.78, 5) is 11.7. The topological polar surface area (TPSA) is 61.5 Å². The molecular weight excluding hydrogens is 301 g/mol. The van der Waals surface area contributed by atoms with Gasteiger partial charge in [-0.1, -0.05) is 23.2 Å². The minimum atomic E-state index is -0.544. The van der Waals surface area contributed by atoms with Gasteiger partial charge in [-0.15, -0.1) is 0 Å². The molecule has 0 atom stereocenters. The summed E-state index contributed by atoms with van der Waals surface area (Å²) in [7, 11) is 1.28. The first-order valence-corrected chi connectivity index (χ1v) is 6.37. The fraction of sp³-hybridized carbons (Fsp3) is 0.0714. The molecule has 0 saturated carbocycles. The van der Waals surface area contributed by atoms with Gasteiger partial charge in [-0.2, -0.15) is 0 Å². The predicted octanol–water partition coefficient (Wildman–Crippen LogP) is 4.15. The number of halogens is 2. The Morgan fingerprint density at radius 3 is 2.45 bits per heavy atom. The first-order valence-electron chi connectivity index (χ1n) is 5.62. The van der Waals surface area contributed by atoms with E-state index in [1.165, 1.54) is 13.2 Å². The third-order valence-corrected chi connectivity index (χ3v) is 3.05. The first-order chi connectivity index (χ1) is 9.51. The van der Waals surface area contributed by atoms with Gasteiger partial charge in [0.1, 0.15) is 17.1 Å². The second-order valence-corrected chi connectivity index (χ2v) is 4.77. The number of ether oxygens (including phenoxy) is 2. The number of nitrogen functional groups attached to an aromatic ring is 1. The second-order valence-electron chi connectivity index (χ2n) is 3.92. The monoisotopic (exact) mass is 311 g/mol. The Balaban J connectivity index is 2.40. The van der Waals surface area contributed by atoms with E-state index in [-0.39, 0.29) is 5.56 Å². The number of carbonyl (C=O) groups excluding carboxylic acids is 1. The molecule has 2 aromatic carbocycles. The van der Waals surface area contributed by atoms with Crippen molar-refractivity contribution >= 4 is 34.9 Å². The highest BCUT2D eigenvalue weighted by Crippen LogP contribution is 2.33. The van der Waals surface area contributed by atoms with Crippen LogP contribution >= 0.6 is 23.2 Å². The van der Waals surface area contributed by atoms with E-state index in [4.69, 9.17) is 38.4 Å². The zero-order valence-corrected chi connectivity index (χ0v) is 12.0. The maximum atomic E-state index is 11.7. The van der Waals surface area contributed by atoms with E-state index in [2.05, 4.69) is 0 Å². The van der Waals surface area contributed by atoms with Crippen LogP contribution < -0.4 is 10.5 Å². The molecule has 2 N–H and O–H groups in total. The zero-order chi connectivity index (χ0) is 14.7. The van der Waals surface area contributed by atoms with Crippen molar-refractivity contribution in [1.82, 2.24) is 0 Å². The minimum absolute atomic E-state index is 0.221. The molecule has 0 aromatic heterocycles. The Morgan fingerprint density at radius 2 is 1.80 bits per heavy atom. The Morgan fingerprint density at radius 1 is 1.10 bits per heavy atom. The summed E-state index contributed by atoms with van der Waals surface area (Å²) in [6.45, 7) is 0. The van der Waals surface area contributed by atoms with Crippen LogP contribution in [-0.2, 0) is 4.74 Å². The van der Waals surface area contributed by atoms with Gasteiger partial charge in [0.25, 0.3) is 0 Å². The average Bonchev–Trinajstić information content (AvgIpc) is 2.42. The predicted molar refractivity (Wildman–Crippen MR) is 78.7 cm³/mol. The number of hydrogen-bond acceptors (Lipinski definition) is 4. The van der Waals surface area contributed by atoms with E-state index in [0.29, 0.717) is 27.2 Å². The molecule has 0 radical (unpaired) electrons. The summed E-state index contributed by atoms with van der Waals surface area (Å²) in [6.07, 6.45) is 0. The normalized spacial score (nSPS) is 10.2. The van der Waals surface area contributed by atoms with Gasteiger partial charge in [-0.05, 0) is 36.4 Å². The van der Waals surface area contributed by atoms with Gasteiger partial charge < -0.3 is 15.2 Å². The van der Waals surface area contributed by atoms with Gasteiger partial charge in [-0.25, -0.2) is 4.79 Å². The van der Waals surface area contributed by atoms with Crippen LogP contribution in [0.15, 0.2) is 36.4 Å². The smallest absolute Gasteiger partial charge is 0.341 e. The fourth-order valence-electron chi connectivity index (χ4n) is 1.58. The van der Waals surface area contributed by atoms with Gasteiger partial charge >= 0.3 is 5.97 Å². The van der Waals surface area contributed by atoms with Crippen molar-refractivity contribution in [3.05, 3.63) is 52.0 Å². The van der Waals surface area contributed by atoms with Crippen molar-refractivity contribution in [3.8, 4) is 11.5 Å². The van der Waals surface area contributed by atoms with Gasteiger partial charge in [0, 0.05) is 10.7 Å². The van der Waals surface area contributed by atoms with Crippen LogP contribution in [0.25, 0.3) is 0 Å². The minimum Gasteiger partial charge on any atom is -0.465 e. The van der Waals surface area contributed by atoms with Gasteiger partial charge in [0.05, 0.1) is 12.1 Å². The van der Waals surface area contributed by atoms with Crippen LogP contribution in [0.3, 0.4) is 0 Å². The lowest BCUT2D eigenvalue weighted by atomic mass is 10.2. The number of nitrogens with two attached hydrogens (primary N) is 1. The molecule has 20 heavy (non-hydrogen) atoms. The molecule has 0 saturated heterocycles. The molecule has 2 aromatic rings. The summed E-state index contributed by atoms with van der Waals surface area (Å²) < 4.78 is 10.3. The third kappa shape index (κ3) is 3.15. The van der Waals surface area contributed by atoms with Crippen LogP contribution in [0.2, 0.25) is 10.0 Å². The zero-order valence-electron chi connectivity index (χ0n) is 10.5. The van der Waals surface area contributed by atoms with E-state index in [1.54, 1.807) is 30.3 Å². The maximum Gasteiger partial charge on any atom is 0.341 e. The molecule has 6 heteroatoms. The molecule has 104 valence electrons. The van der Waals surface area contributed by atoms with Crippen molar-refractivity contribution in [3.63, 3.8) is 0 Å². The number of hydrogen-bond donors (Lipinski definition) is 1. The molecule has 0 aliphatic rings. The van der Waals surface area contributed by atoms with Gasteiger partial charge in [0.2, 0.25) is 0 Å². The lowest BCUT2D eigenvalue weighted by Gasteiger charge is -2.11. The highest BCUT2D eigenvalue weighted by molar-refractivity contribution is 6.35. The molecule has 4 nitrogen and oxygen atoms in total. The van der Waals surface area contributed by atoms with Gasteiger partial charge in [-0.3, -0.25) is 0 Å². The summed E-state index contributed by atoms with van der Waals surface area (Å²) in [5.74, 6) is 0.138. The largest absolute Gasteiger partial charge is 0.465 e. The van der Waals surface area contributed by atoms with Crippen molar-refractivity contribution in [2.24, 2.45) is 0 Å². The van der Waals surface area contributed by atoms with Crippen LogP contribution in [0.4, 0.5) is 5.69 Å². The molecule has 0 bridgehead atoms. The van der Waals surface area contributed by atoms with E-state index in [0.717, 1.165) is 0 Å². The molecular formula is C14H11Cl2NO3. The standard InChI is InChI=1S/C14H11Cl2NO3/c1-19-14(18)10-7-9(17)3-5-12(10)20-13-4-2-8(15)6-11(13)16/h2-7H,17H2,1H3. The van der Waals surface area contributed by atoms with Crippen molar-refractivity contribution in [1.29, 1.82) is 0 Å². The van der Waals surface area contributed by atoms with E-state index >= 15 is 0 Å². The Bertz CT molecular complexity index is 659. The second kappa shape index (κ2) is 6.03. The SMILES string of the molecule is COC(=O)c1cc(N)ccc1Oc1ccc(Cl)cc1Cl.